The molecule has 4 heteroatoms. The van der Waals surface area contributed by atoms with Crippen molar-refractivity contribution in [1.29, 1.82) is 0 Å². The van der Waals surface area contributed by atoms with E-state index < -0.39 is 12.1 Å². The zero-order valence-electron chi connectivity index (χ0n) is 11.7. The monoisotopic (exact) mass is 276 g/mol. The number of ether oxygens (including phenoxy) is 2. The number of aryl methyl sites for hydroxylation is 1. The van der Waals surface area contributed by atoms with Crippen LogP contribution in [0.3, 0.4) is 0 Å². The van der Waals surface area contributed by atoms with E-state index in [4.69, 9.17) is 9.47 Å². The smallest absolute Gasteiger partial charge is 0.373 e. The first-order chi connectivity index (χ1) is 9.63. The third-order valence-corrected chi connectivity index (χ3v) is 3.40. The van der Waals surface area contributed by atoms with Crippen LogP contribution in [0.5, 0.6) is 5.75 Å². The molecule has 0 saturated heterocycles. The van der Waals surface area contributed by atoms with Gasteiger partial charge in [-0.05, 0) is 44.4 Å². The average molecular weight is 276 g/mol. The molecule has 0 amide bonds. The normalized spacial score (nSPS) is 17.8. The molecule has 2 rings (SSSR count). The van der Waals surface area contributed by atoms with Crippen LogP contribution in [0.2, 0.25) is 0 Å². The van der Waals surface area contributed by atoms with E-state index in [-0.39, 0.29) is 12.4 Å². The van der Waals surface area contributed by atoms with Crippen molar-refractivity contribution in [3.63, 3.8) is 0 Å². The molecule has 20 heavy (non-hydrogen) atoms. The molecule has 0 fully saturated rings. The maximum atomic E-state index is 11.6. The van der Waals surface area contributed by atoms with Crippen LogP contribution in [-0.2, 0) is 16.0 Å². The summed E-state index contributed by atoms with van der Waals surface area (Å²) in [5.41, 5.74) is 1.85. The van der Waals surface area contributed by atoms with Crippen molar-refractivity contribution >= 4 is 5.97 Å². The fourth-order valence-corrected chi connectivity index (χ4v) is 2.46. The lowest BCUT2D eigenvalue weighted by molar-refractivity contribution is -0.140. The number of esters is 1. The molecular weight excluding hydrogens is 256 g/mol. The van der Waals surface area contributed by atoms with E-state index in [1.807, 2.05) is 12.1 Å². The zero-order chi connectivity index (χ0) is 14.5. The number of aliphatic hydroxyl groups excluding tert-OH is 1. The Kier molecular flexibility index (Phi) is 4.79. The van der Waals surface area contributed by atoms with Gasteiger partial charge in [-0.2, -0.15) is 0 Å². The van der Waals surface area contributed by atoms with Crippen LogP contribution < -0.4 is 4.74 Å². The van der Waals surface area contributed by atoms with Gasteiger partial charge in [0.25, 0.3) is 0 Å². The predicted molar refractivity (Wildman–Crippen MR) is 75.4 cm³/mol. The van der Waals surface area contributed by atoms with Gasteiger partial charge in [-0.1, -0.05) is 18.6 Å². The van der Waals surface area contributed by atoms with Crippen molar-refractivity contribution in [2.45, 2.75) is 38.7 Å². The quantitative estimate of drug-likeness (QED) is 0.397. The SMILES string of the molecule is C=C(Oc1cccc2c1C(O)CCCC2)C(=O)OCC. The van der Waals surface area contributed by atoms with Crippen LogP contribution >= 0.6 is 0 Å². The van der Waals surface area contributed by atoms with Crippen LogP contribution in [0.1, 0.15) is 43.4 Å². The summed E-state index contributed by atoms with van der Waals surface area (Å²) in [6.07, 6.45) is 3.09. The van der Waals surface area contributed by atoms with E-state index in [0.717, 1.165) is 30.4 Å². The van der Waals surface area contributed by atoms with Crippen LogP contribution in [-0.4, -0.2) is 17.7 Å². The highest BCUT2D eigenvalue weighted by Gasteiger charge is 2.22. The molecule has 0 aliphatic heterocycles. The molecule has 4 nitrogen and oxygen atoms in total. The van der Waals surface area contributed by atoms with Crippen molar-refractivity contribution < 1.29 is 19.4 Å². The second-order valence-electron chi connectivity index (χ2n) is 4.84. The molecule has 0 bridgehead atoms. The van der Waals surface area contributed by atoms with Crippen LogP contribution in [0.4, 0.5) is 0 Å². The zero-order valence-corrected chi connectivity index (χ0v) is 11.7. The first-order valence-electron chi connectivity index (χ1n) is 6.97. The lowest BCUT2D eigenvalue weighted by Gasteiger charge is -2.17. The first-order valence-corrected chi connectivity index (χ1v) is 6.97. The highest BCUT2D eigenvalue weighted by molar-refractivity contribution is 5.86. The van der Waals surface area contributed by atoms with Gasteiger partial charge in [-0.15, -0.1) is 0 Å². The van der Waals surface area contributed by atoms with Crippen molar-refractivity contribution in [3.05, 3.63) is 41.7 Å². The van der Waals surface area contributed by atoms with Gasteiger partial charge in [0.05, 0.1) is 12.7 Å². The van der Waals surface area contributed by atoms with Gasteiger partial charge in [-0.25, -0.2) is 4.79 Å². The molecule has 1 aliphatic rings. The molecule has 0 heterocycles. The van der Waals surface area contributed by atoms with Crippen molar-refractivity contribution in [2.24, 2.45) is 0 Å². The Morgan fingerprint density at radius 2 is 2.25 bits per heavy atom. The summed E-state index contributed by atoms with van der Waals surface area (Å²) in [7, 11) is 0. The number of rotatable bonds is 4. The Hall–Kier alpha value is -1.81. The fraction of sp³-hybridized carbons (Fsp3) is 0.438. The highest BCUT2D eigenvalue weighted by Crippen LogP contribution is 2.36. The molecular formula is C16H20O4. The number of fused-ring (bicyclic) bond motifs is 1. The average Bonchev–Trinajstić information content (AvgIpc) is 2.62. The van der Waals surface area contributed by atoms with E-state index in [1.54, 1.807) is 13.0 Å². The lowest BCUT2D eigenvalue weighted by atomic mass is 10.00. The van der Waals surface area contributed by atoms with Gasteiger partial charge in [-0.3, -0.25) is 0 Å². The minimum Gasteiger partial charge on any atom is -0.460 e. The summed E-state index contributed by atoms with van der Waals surface area (Å²) in [6, 6.07) is 5.60. The number of hydrogen-bond donors (Lipinski definition) is 1. The summed E-state index contributed by atoms with van der Waals surface area (Å²) in [5, 5.41) is 10.3. The number of benzene rings is 1. The molecule has 1 aromatic carbocycles. The molecule has 0 spiro atoms. The topological polar surface area (TPSA) is 55.8 Å². The minimum absolute atomic E-state index is 0.0586. The Morgan fingerprint density at radius 3 is 3.00 bits per heavy atom. The minimum atomic E-state index is -0.576. The van der Waals surface area contributed by atoms with Gasteiger partial charge in [0.15, 0.2) is 0 Å². The Morgan fingerprint density at radius 1 is 1.45 bits per heavy atom. The number of carbonyl (C=O) groups excluding carboxylic acids is 1. The standard InChI is InChI=1S/C16H20O4/c1-3-19-16(18)11(2)20-14-10-6-8-12-7-4-5-9-13(17)15(12)14/h6,8,10,13,17H,2-5,7,9H2,1H3. The summed E-state index contributed by atoms with van der Waals surface area (Å²) in [4.78, 5) is 11.6. The Balaban J connectivity index is 2.24. The molecule has 1 unspecified atom stereocenters. The summed E-state index contributed by atoms with van der Waals surface area (Å²) < 4.78 is 10.4. The molecule has 0 aromatic heterocycles. The third-order valence-electron chi connectivity index (χ3n) is 3.40. The van der Waals surface area contributed by atoms with Gasteiger partial charge < -0.3 is 14.6 Å². The van der Waals surface area contributed by atoms with Gasteiger partial charge in [0, 0.05) is 5.56 Å². The van der Waals surface area contributed by atoms with Gasteiger partial charge >= 0.3 is 5.97 Å². The predicted octanol–water partition coefficient (Wildman–Crippen LogP) is 2.90. The maximum Gasteiger partial charge on any atom is 0.373 e. The summed E-state index contributed by atoms with van der Waals surface area (Å²) in [6.45, 7) is 5.59. The van der Waals surface area contributed by atoms with Crippen molar-refractivity contribution in [3.8, 4) is 5.75 Å². The van der Waals surface area contributed by atoms with E-state index >= 15 is 0 Å². The third kappa shape index (κ3) is 3.20. The molecule has 108 valence electrons. The van der Waals surface area contributed by atoms with Crippen LogP contribution in [0.25, 0.3) is 0 Å². The maximum absolute atomic E-state index is 11.6. The lowest BCUT2D eigenvalue weighted by Crippen LogP contribution is -2.13. The second kappa shape index (κ2) is 6.57. The van der Waals surface area contributed by atoms with E-state index in [2.05, 4.69) is 6.58 Å². The number of aliphatic hydroxyl groups is 1. The number of hydrogen-bond acceptors (Lipinski definition) is 4. The van der Waals surface area contributed by atoms with E-state index in [1.165, 1.54) is 0 Å². The molecule has 1 N–H and O–H groups in total. The molecule has 0 radical (unpaired) electrons. The fourth-order valence-electron chi connectivity index (χ4n) is 2.46. The largest absolute Gasteiger partial charge is 0.460 e. The molecule has 1 aliphatic carbocycles. The Labute approximate surface area is 119 Å². The summed E-state index contributed by atoms with van der Waals surface area (Å²) >= 11 is 0. The highest BCUT2D eigenvalue weighted by atomic mass is 16.6. The van der Waals surface area contributed by atoms with Gasteiger partial charge in [0.2, 0.25) is 5.76 Å². The molecule has 1 atom stereocenters. The second-order valence-corrected chi connectivity index (χ2v) is 4.84. The molecule has 1 aromatic rings. The Bertz CT molecular complexity index is 507. The number of carbonyl (C=O) groups is 1. The molecule has 0 saturated carbocycles. The van der Waals surface area contributed by atoms with E-state index in [9.17, 15) is 9.90 Å². The van der Waals surface area contributed by atoms with Crippen molar-refractivity contribution in [2.75, 3.05) is 6.61 Å². The van der Waals surface area contributed by atoms with Gasteiger partial charge in [0.1, 0.15) is 5.75 Å². The summed E-state index contributed by atoms with van der Waals surface area (Å²) in [5.74, 6) is -0.139. The van der Waals surface area contributed by atoms with Crippen LogP contribution in [0, 0.1) is 0 Å². The van der Waals surface area contributed by atoms with Crippen LogP contribution in [0.15, 0.2) is 30.5 Å². The first kappa shape index (κ1) is 14.6. The van der Waals surface area contributed by atoms with E-state index in [0.29, 0.717) is 12.2 Å². The van der Waals surface area contributed by atoms with Crippen molar-refractivity contribution in [1.82, 2.24) is 0 Å².